The zero-order chi connectivity index (χ0) is 14.9. The van der Waals surface area contributed by atoms with Gasteiger partial charge in [-0.3, -0.25) is 4.79 Å². The first-order valence-corrected chi connectivity index (χ1v) is 8.11. The van der Waals surface area contributed by atoms with Crippen LogP contribution in [0.1, 0.15) is 30.4 Å². The number of aryl methyl sites for hydroxylation is 2. The molecule has 1 aromatic carbocycles. The number of hydrogen-bond acceptors (Lipinski definition) is 3. The molecule has 0 aromatic heterocycles. The van der Waals surface area contributed by atoms with Crippen LogP contribution in [0.15, 0.2) is 23.1 Å². The highest BCUT2D eigenvalue weighted by Gasteiger charge is 2.35. The van der Waals surface area contributed by atoms with Gasteiger partial charge in [-0.15, -0.1) is 0 Å². The molecule has 6 heteroatoms. The molecule has 20 heavy (non-hydrogen) atoms. The first-order valence-electron chi connectivity index (χ1n) is 6.63. The van der Waals surface area contributed by atoms with Crippen molar-refractivity contribution >= 4 is 16.0 Å². The fraction of sp³-hybridized carbons (Fsp3) is 0.500. The monoisotopic (exact) mass is 297 g/mol. The summed E-state index contributed by atoms with van der Waals surface area (Å²) in [6.07, 6.45) is 1.83. The normalized spacial score (nSPS) is 22.9. The van der Waals surface area contributed by atoms with Crippen LogP contribution in [0.4, 0.5) is 0 Å². The Hall–Kier alpha value is -1.40. The van der Waals surface area contributed by atoms with E-state index < -0.39 is 28.0 Å². The Bertz CT molecular complexity index is 604. The average molecular weight is 297 g/mol. The van der Waals surface area contributed by atoms with Crippen molar-refractivity contribution in [3.05, 3.63) is 29.3 Å². The molecule has 0 aliphatic heterocycles. The van der Waals surface area contributed by atoms with E-state index in [-0.39, 0.29) is 4.90 Å². The van der Waals surface area contributed by atoms with E-state index in [1.54, 1.807) is 12.1 Å². The van der Waals surface area contributed by atoms with Crippen LogP contribution in [0.25, 0.3) is 0 Å². The van der Waals surface area contributed by atoms with Gasteiger partial charge in [0.25, 0.3) is 0 Å². The number of carboxylic acid groups (broad SMARTS) is 1. The van der Waals surface area contributed by atoms with Crippen molar-refractivity contribution in [3.63, 3.8) is 0 Å². The van der Waals surface area contributed by atoms with Gasteiger partial charge in [0.05, 0.1) is 10.8 Å². The molecule has 2 atom stereocenters. The second-order valence-electron chi connectivity index (χ2n) is 5.43. The van der Waals surface area contributed by atoms with Crippen molar-refractivity contribution < 1.29 is 18.3 Å². The van der Waals surface area contributed by atoms with Gasteiger partial charge >= 0.3 is 5.97 Å². The van der Waals surface area contributed by atoms with Gasteiger partial charge in [0, 0.05) is 6.04 Å². The molecule has 0 radical (unpaired) electrons. The summed E-state index contributed by atoms with van der Waals surface area (Å²) in [5, 5.41) is 9.10. The van der Waals surface area contributed by atoms with E-state index >= 15 is 0 Å². The Kier molecular flexibility index (Phi) is 4.15. The first-order chi connectivity index (χ1) is 9.29. The Morgan fingerprint density at radius 2 is 1.80 bits per heavy atom. The molecule has 0 amide bonds. The smallest absolute Gasteiger partial charge is 0.308 e. The molecule has 0 heterocycles. The lowest BCUT2D eigenvalue weighted by molar-refractivity contribution is -0.141. The molecule has 2 N–H and O–H groups in total. The molecule has 1 aliphatic rings. The van der Waals surface area contributed by atoms with Gasteiger partial charge in [0.2, 0.25) is 10.0 Å². The quantitative estimate of drug-likeness (QED) is 0.888. The molecule has 0 spiro atoms. The number of nitrogens with one attached hydrogen (secondary N) is 1. The summed E-state index contributed by atoms with van der Waals surface area (Å²) in [7, 11) is -3.67. The Balaban J connectivity index is 2.25. The number of hydrogen-bond donors (Lipinski definition) is 2. The lowest BCUT2D eigenvalue weighted by Gasteiger charge is -2.18. The van der Waals surface area contributed by atoms with Crippen molar-refractivity contribution in [2.24, 2.45) is 5.92 Å². The summed E-state index contributed by atoms with van der Waals surface area (Å²) < 4.78 is 27.3. The van der Waals surface area contributed by atoms with Crippen molar-refractivity contribution in [1.29, 1.82) is 0 Å². The van der Waals surface area contributed by atoms with Crippen LogP contribution in [0.3, 0.4) is 0 Å². The average Bonchev–Trinajstić information content (AvgIpc) is 2.75. The number of sulfonamides is 1. The molecular weight excluding hydrogens is 278 g/mol. The van der Waals surface area contributed by atoms with E-state index in [1.165, 1.54) is 0 Å². The van der Waals surface area contributed by atoms with Gasteiger partial charge in [0.15, 0.2) is 0 Å². The van der Waals surface area contributed by atoms with Crippen LogP contribution >= 0.6 is 0 Å². The maximum atomic E-state index is 12.4. The molecule has 1 saturated carbocycles. The Morgan fingerprint density at radius 3 is 2.35 bits per heavy atom. The molecule has 5 nitrogen and oxygen atoms in total. The van der Waals surface area contributed by atoms with E-state index in [4.69, 9.17) is 5.11 Å². The highest BCUT2D eigenvalue weighted by molar-refractivity contribution is 7.89. The van der Waals surface area contributed by atoms with E-state index in [2.05, 4.69) is 4.72 Å². The highest BCUT2D eigenvalue weighted by Crippen LogP contribution is 2.27. The summed E-state index contributed by atoms with van der Waals surface area (Å²) in [6, 6.07) is 4.58. The predicted molar refractivity (Wildman–Crippen MR) is 75.0 cm³/mol. The standard InChI is InChI=1S/C14H19NO4S/c1-9-6-10(2)8-11(7-9)20(18,19)15-13-5-3-4-12(13)14(16)17/h6-8,12-13,15H,3-5H2,1-2H3,(H,16,17). The lowest BCUT2D eigenvalue weighted by atomic mass is 10.1. The van der Waals surface area contributed by atoms with Gasteiger partial charge in [-0.25, -0.2) is 13.1 Å². The van der Waals surface area contributed by atoms with Crippen LogP contribution in [0.5, 0.6) is 0 Å². The number of benzene rings is 1. The third-order valence-electron chi connectivity index (χ3n) is 3.65. The molecular formula is C14H19NO4S. The SMILES string of the molecule is Cc1cc(C)cc(S(=O)(=O)NC2CCCC2C(=O)O)c1. The molecule has 110 valence electrons. The maximum absolute atomic E-state index is 12.4. The summed E-state index contributed by atoms with van der Waals surface area (Å²) in [5.41, 5.74) is 1.73. The van der Waals surface area contributed by atoms with Gasteiger partial charge < -0.3 is 5.11 Å². The third kappa shape index (κ3) is 3.19. The van der Waals surface area contributed by atoms with E-state index in [1.807, 2.05) is 19.9 Å². The summed E-state index contributed by atoms with van der Waals surface area (Å²) in [4.78, 5) is 11.3. The Morgan fingerprint density at radius 1 is 1.20 bits per heavy atom. The molecule has 2 rings (SSSR count). The van der Waals surface area contributed by atoms with Crippen LogP contribution in [0.2, 0.25) is 0 Å². The second-order valence-corrected chi connectivity index (χ2v) is 7.14. The minimum Gasteiger partial charge on any atom is -0.481 e. The summed E-state index contributed by atoms with van der Waals surface area (Å²) >= 11 is 0. The molecule has 1 aromatic rings. The molecule has 2 unspecified atom stereocenters. The topological polar surface area (TPSA) is 83.5 Å². The van der Waals surface area contributed by atoms with Crippen molar-refractivity contribution in [2.75, 3.05) is 0 Å². The van der Waals surface area contributed by atoms with Crippen LogP contribution in [-0.2, 0) is 14.8 Å². The molecule has 1 fully saturated rings. The van der Waals surface area contributed by atoms with Crippen LogP contribution in [-0.4, -0.2) is 25.5 Å². The zero-order valence-electron chi connectivity index (χ0n) is 11.6. The van der Waals surface area contributed by atoms with Crippen molar-refractivity contribution in [2.45, 2.75) is 44.0 Å². The maximum Gasteiger partial charge on any atom is 0.308 e. The summed E-state index contributed by atoms with van der Waals surface area (Å²) in [5.74, 6) is -1.56. The highest BCUT2D eigenvalue weighted by atomic mass is 32.2. The van der Waals surface area contributed by atoms with Gasteiger partial charge in [0.1, 0.15) is 0 Å². The fourth-order valence-electron chi connectivity index (χ4n) is 2.75. The van der Waals surface area contributed by atoms with Crippen LogP contribution < -0.4 is 4.72 Å². The number of carbonyl (C=O) groups is 1. The van der Waals surface area contributed by atoms with Gasteiger partial charge in [-0.2, -0.15) is 0 Å². The third-order valence-corrected chi connectivity index (χ3v) is 5.11. The number of carboxylic acids is 1. The fourth-order valence-corrected chi connectivity index (χ4v) is 4.25. The van der Waals surface area contributed by atoms with E-state index in [9.17, 15) is 13.2 Å². The zero-order valence-corrected chi connectivity index (χ0v) is 12.4. The van der Waals surface area contributed by atoms with Crippen molar-refractivity contribution in [1.82, 2.24) is 4.72 Å². The van der Waals surface area contributed by atoms with E-state index in [0.29, 0.717) is 12.8 Å². The number of rotatable bonds is 4. The minimum absolute atomic E-state index is 0.200. The van der Waals surface area contributed by atoms with E-state index in [0.717, 1.165) is 17.5 Å². The Labute approximate surface area is 119 Å². The first kappa shape index (κ1) is 15.0. The molecule has 0 bridgehead atoms. The minimum atomic E-state index is -3.67. The predicted octanol–water partition coefficient (Wildman–Crippen LogP) is 1.84. The van der Waals surface area contributed by atoms with Crippen molar-refractivity contribution in [3.8, 4) is 0 Å². The summed E-state index contributed by atoms with van der Waals surface area (Å²) in [6.45, 7) is 3.67. The number of aliphatic carboxylic acids is 1. The van der Waals surface area contributed by atoms with Crippen LogP contribution in [0, 0.1) is 19.8 Å². The van der Waals surface area contributed by atoms with Gasteiger partial charge in [-0.05, 0) is 49.9 Å². The lowest BCUT2D eigenvalue weighted by Crippen LogP contribution is -2.40. The molecule has 0 saturated heterocycles. The molecule has 1 aliphatic carbocycles. The van der Waals surface area contributed by atoms with Gasteiger partial charge in [-0.1, -0.05) is 12.5 Å². The largest absolute Gasteiger partial charge is 0.481 e. The second kappa shape index (κ2) is 5.54.